The highest BCUT2D eigenvalue weighted by Gasteiger charge is 2.43. The highest BCUT2D eigenvalue weighted by atomic mass is 16.6. The zero-order valence-corrected chi connectivity index (χ0v) is 19.0. The molecular weight excluding hydrogens is 368 g/mol. The zero-order chi connectivity index (χ0) is 22.2. The summed E-state index contributed by atoms with van der Waals surface area (Å²) >= 11 is 0. The van der Waals surface area contributed by atoms with E-state index in [4.69, 9.17) is 10.6 Å². The Kier molecular flexibility index (Phi) is 6.35. The molecule has 0 bridgehead atoms. The highest BCUT2D eigenvalue weighted by molar-refractivity contribution is 5.95. The van der Waals surface area contributed by atoms with Crippen LogP contribution < -0.4 is 16.2 Å². The second-order valence-corrected chi connectivity index (χ2v) is 10.2. The van der Waals surface area contributed by atoms with Crippen LogP contribution in [0.1, 0.15) is 71.7 Å². The number of likely N-dealkylation sites (tertiary alicyclic amines) is 1. The number of nitrogens with zero attached hydrogens (tertiary/aromatic N) is 2. The summed E-state index contributed by atoms with van der Waals surface area (Å²) in [6.45, 7) is 14.1. The molecule has 0 spiro atoms. The number of nitrogens with two attached hydrogens (primary N) is 1. The van der Waals surface area contributed by atoms with Crippen LogP contribution in [0.4, 0.5) is 10.5 Å². The topological polar surface area (TPSA) is 87.9 Å². The van der Waals surface area contributed by atoms with Gasteiger partial charge in [-0.2, -0.15) is 0 Å². The van der Waals surface area contributed by atoms with Gasteiger partial charge in [0.25, 0.3) is 5.91 Å². The highest BCUT2D eigenvalue weighted by Crippen LogP contribution is 2.36. The lowest BCUT2D eigenvalue weighted by Crippen LogP contribution is -2.62. The monoisotopic (exact) mass is 404 g/mol. The average molecular weight is 405 g/mol. The second-order valence-electron chi connectivity index (χ2n) is 10.2. The molecule has 7 nitrogen and oxygen atoms in total. The molecule has 2 amide bonds. The maximum Gasteiger partial charge on any atom is 0.429 e. The van der Waals surface area contributed by atoms with Gasteiger partial charge in [0.2, 0.25) is 0 Å². The van der Waals surface area contributed by atoms with Gasteiger partial charge in [-0.15, -0.1) is 0 Å². The maximum atomic E-state index is 12.8. The van der Waals surface area contributed by atoms with Gasteiger partial charge < -0.3 is 10.1 Å². The molecule has 0 aliphatic carbocycles. The number of benzene rings is 1. The molecule has 162 valence electrons. The van der Waals surface area contributed by atoms with Crippen LogP contribution in [0.25, 0.3) is 0 Å². The fraction of sp³-hybridized carbons (Fsp3) is 0.636. The van der Waals surface area contributed by atoms with Gasteiger partial charge in [-0.05, 0) is 92.6 Å². The van der Waals surface area contributed by atoms with Crippen LogP contribution in [0.2, 0.25) is 0 Å². The summed E-state index contributed by atoms with van der Waals surface area (Å²) in [7, 11) is 2.14. The molecule has 1 saturated heterocycles. The summed E-state index contributed by atoms with van der Waals surface area (Å²) in [5.41, 5.74) is 0.344. The average Bonchev–Trinajstić information content (AvgIpc) is 2.57. The lowest BCUT2D eigenvalue weighted by atomic mass is 9.77. The number of carbonyl (C=O) groups is 2. The molecule has 0 atom stereocenters. The molecule has 0 unspecified atom stereocenters. The Bertz CT molecular complexity index is 732. The Morgan fingerprint density at radius 3 is 2.03 bits per heavy atom. The molecule has 0 radical (unpaired) electrons. The Labute approximate surface area is 174 Å². The Hall–Kier alpha value is -2.12. The quantitative estimate of drug-likeness (QED) is 0.456. The van der Waals surface area contributed by atoms with Crippen molar-refractivity contribution >= 4 is 17.7 Å². The second kappa shape index (κ2) is 7.95. The number of hydrazine groups is 1. The van der Waals surface area contributed by atoms with Crippen LogP contribution in [-0.4, -0.2) is 46.7 Å². The number of hydrogen-bond donors (Lipinski definition) is 2. The lowest BCUT2D eigenvalue weighted by Gasteiger charge is -2.53. The third-order valence-electron chi connectivity index (χ3n) is 5.64. The van der Waals surface area contributed by atoms with Crippen molar-refractivity contribution in [3.8, 4) is 0 Å². The molecule has 3 N–H and O–H groups in total. The zero-order valence-electron chi connectivity index (χ0n) is 19.0. The van der Waals surface area contributed by atoms with E-state index in [1.165, 1.54) is 0 Å². The molecule has 0 saturated carbocycles. The molecule has 1 aromatic carbocycles. The molecule has 29 heavy (non-hydrogen) atoms. The van der Waals surface area contributed by atoms with Crippen LogP contribution in [0.3, 0.4) is 0 Å². The molecule has 1 heterocycles. The Balaban J connectivity index is 2.05. The minimum absolute atomic E-state index is 0.00296. The van der Waals surface area contributed by atoms with Crippen molar-refractivity contribution in [1.29, 1.82) is 0 Å². The minimum atomic E-state index is -0.648. The smallest absolute Gasteiger partial charge is 0.429 e. The first-order valence-electron chi connectivity index (χ1n) is 10.0. The fourth-order valence-electron chi connectivity index (χ4n) is 3.93. The fourth-order valence-corrected chi connectivity index (χ4v) is 3.93. The molecular formula is C22H36N4O3. The molecule has 7 heteroatoms. The number of carbonyl (C=O) groups excluding carboxylic acids is 2. The molecule has 1 aliphatic heterocycles. The van der Waals surface area contributed by atoms with E-state index in [0.717, 1.165) is 17.9 Å². The van der Waals surface area contributed by atoms with Crippen molar-refractivity contribution in [3.63, 3.8) is 0 Å². The molecule has 0 aromatic heterocycles. The standard InChI is InChI=1S/C22H36N4O3/c1-20(2,3)29-19(28)26(23)17-11-9-15(10-12-17)18(27)24-16-13-21(4,5)25(8)22(6,7)14-16/h9-12,16H,13-14,23H2,1-8H3,(H,24,27). The van der Waals surface area contributed by atoms with Crippen molar-refractivity contribution in [3.05, 3.63) is 29.8 Å². The van der Waals surface area contributed by atoms with Crippen molar-refractivity contribution in [2.75, 3.05) is 12.1 Å². The van der Waals surface area contributed by atoms with Crippen molar-refractivity contribution < 1.29 is 14.3 Å². The van der Waals surface area contributed by atoms with Gasteiger partial charge in [-0.25, -0.2) is 15.6 Å². The van der Waals surface area contributed by atoms with E-state index in [9.17, 15) is 9.59 Å². The van der Waals surface area contributed by atoms with E-state index in [1.807, 2.05) is 0 Å². The van der Waals surface area contributed by atoms with E-state index in [-0.39, 0.29) is 23.0 Å². The molecule has 1 aromatic rings. The van der Waals surface area contributed by atoms with Gasteiger partial charge in [-0.3, -0.25) is 9.69 Å². The number of anilines is 1. The summed E-state index contributed by atoms with van der Waals surface area (Å²) in [4.78, 5) is 27.2. The van der Waals surface area contributed by atoms with Gasteiger partial charge in [-0.1, -0.05) is 0 Å². The summed E-state index contributed by atoms with van der Waals surface area (Å²) in [6.07, 6.45) is 1.11. The Morgan fingerprint density at radius 2 is 1.59 bits per heavy atom. The lowest BCUT2D eigenvalue weighted by molar-refractivity contribution is -0.0169. The maximum absolute atomic E-state index is 12.8. The first kappa shape index (κ1) is 23.2. The van der Waals surface area contributed by atoms with Crippen molar-refractivity contribution in [2.45, 2.75) is 84.0 Å². The normalized spacial score (nSPS) is 19.5. The van der Waals surface area contributed by atoms with Crippen molar-refractivity contribution in [2.24, 2.45) is 5.84 Å². The number of ether oxygens (including phenoxy) is 1. The van der Waals surface area contributed by atoms with E-state index in [0.29, 0.717) is 11.3 Å². The van der Waals surface area contributed by atoms with Gasteiger partial charge in [0, 0.05) is 22.7 Å². The predicted octanol–water partition coefficient (Wildman–Crippen LogP) is 3.68. The molecule has 1 aliphatic rings. The van der Waals surface area contributed by atoms with Gasteiger partial charge in [0.15, 0.2) is 0 Å². The predicted molar refractivity (Wildman–Crippen MR) is 116 cm³/mol. The summed E-state index contributed by atoms with van der Waals surface area (Å²) < 4.78 is 5.26. The van der Waals surface area contributed by atoms with Crippen molar-refractivity contribution in [1.82, 2.24) is 10.2 Å². The number of rotatable bonds is 3. The Morgan fingerprint density at radius 1 is 1.10 bits per heavy atom. The van der Waals surface area contributed by atoms with E-state index in [1.54, 1.807) is 45.0 Å². The van der Waals surface area contributed by atoms with E-state index < -0.39 is 11.7 Å². The summed E-state index contributed by atoms with van der Waals surface area (Å²) in [6, 6.07) is 6.71. The number of amides is 2. The van der Waals surface area contributed by atoms with Crippen LogP contribution >= 0.6 is 0 Å². The van der Waals surface area contributed by atoms with Crippen LogP contribution in [-0.2, 0) is 4.74 Å². The number of hydrogen-bond acceptors (Lipinski definition) is 5. The van der Waals surface area contributed by atoms with Crippen LogP contribution in [0, 0.1) is 0 Å². The third-order valence-corrected chi connectivity index (χ3v) is 5.64. The number of nitrogens with one attached hydrogen (secondary N) is 1. The number of piperidine rings is 1. The largest absolute Gasteiger partial charge is 0.442 e. The third kappa shape index (κ3) is 5.70. The van der Waals surface area contributed by atoms with Gasteiger partial charge >= 0.3 is 6.09 Å². The summed E-state index contributed by atoms with van der Waals surface area (Å²) in [5, 5.41) is 4.11. The minimum Gasteiger partial charge on any atom is -0.442 e. The van der Waals surface area contributed by atoms with Crippen LogP contribution in [0.15, 0.2) is 24.3 Å². The van der Waals surface area contributed by atoms with Crippen LogP contribution in [0.5, 0.6) is 0 Å². The van der Waals surface area contributed by atoms with E-state index >= 15 is 0 Å². The summed E-state index contributed by atoms with van der Waals surface area (Å²) in [5.74, 6) is 5.72. The van der Waals surface area contributed by atoms with Gasteiger partial charge in [0.1, 0.15) is 5.60 Å². The van der Waals surface area contributed by atoms with Gasteiger partial charge in [0.05, 0.1) is 5.69 Å². The molecule has 1 fully saturated rings. The first-order chi connectivity index (χ1) is 13.1. The SMILES string of the molecule is CN1C(C)(C)CC(NC(=O)c2ccc(N(N)C(=O)OC(C)(C)C)cc2)CC1(C)C. The van der Waals surface area contributed by atoms with E-state index in [2.05, 4.69) is 45.0 Å². The molecule has 2 rings (SSSR count). The first-order valence-corrected chi connectivity index (χ1v) is 10.0.